The smallest absolute Gasteiger partial charge is 0.261 e. The van der Waals surface area contributed by atoms with Crippen molar-refractivity contribution in [3.05, 3.63) is 102 Å². The van der Waals surface area contributed by atoms with Crippen LogP contribution in [0.2, 0.25) is 0 Å². The Kier molecular flexibility index (Phi) is 7.57. The molecular formula is C26H25N3O4S2. The number of methoxy groups -OCH3 is 2. The molecule has 0 saturated heterocycles. The Balaban J connectivity index is 1.59. The lowest BCUT2D eigenvalue weighted by molar-refractivity contribution is 0.368. The van der Waals surface area contributed by atoms with Crippen LogP contribution >= 0.6 is 11.8 Å². The molecule has 0 aliphatic carbocycles. The fourth-order valence-electron chi connectivity index (χ4n) is 3.31. The summed E-state index contributed by atoms with van der Waals surface area (Å²) in [6.45, 7) is 1.91. The van der Waals surface area contributed by atoms with E-state index in [1.165, 1.54) is 0 Å². The van der Waals surface area contributed by atoms with E-state index >= 15 is 0 Å². The third-order valence-corrected chi connectivity index (χ3v) is 7.80. The number of hydrogen-bond donors (Lipinski definition) is 1. The average Bonchev–Trinajstić information content (AvgIpc) is 2.88. The Labute approximate surface area is 209 Å². The van der Waals surface area contributed by atoms with Gasteiger partial charge in [-0.3, -0.25) is 4.72 Å². The van der Waals surface area contributed by atoms with Crippen molar-refractivity contribution in [2.45, 2.75) is 22.0 Å². The highest BCUT2D eigenvalue weighted by Crippen LogP contribution is 2.40. The molecule has 0 amide bonds. The largest absolute Gasteiger partial charge is 0.481 e. The summed E-state index contributed by atoms with van der Waals surface area (Å²) in [5.74, 6) is 1.37. The Hall–Kier alpha value is -3.56. The summed E-state index contributed by atoms with van der Waals surface area (Å²) in [4.78, 5) is 10.2. The van der Waals surface area contributed by atoms with Crippen LogP contribution in [0.5, 0.6) is 11.8 Å². The molecule has 0 fully saturated rings. The normalized spacial score (nSPS) is 12.1. The second-order valence-corrected chi connectivity index (χ2v) is 10.5. The Bertz CT molecular complexity index is 1360. The second-order valence-electron chi connectivity index (χ2n) is 7.66. The average molecular weight is 508 g/mol. The van der Waals surface area contributed by atoms with Gasteiger partial charge in [0.05, 0.1) is 30.4 Å². The summed E-state index contributed by atoms with van der Waals surface area (Å²) in [6, 6.07) is 25.5. The molecule has 7 nitrogen and oxygen atoms in total. The van der Waals surface area contributed by atoms with Crippen LogP contribution in [-0.4, -0.2) is 32.6 Å². The minimum Gasteiger partial charge on any atom is -0.481 e. The molecule has 0 spiro atoms. The van der Waals surface area contributed by atoms with E-state index in [0.717, 1.165) is 16.0 Å². The van der Waals surface area contributed by atoms with Crippen LogP contribution in [0.4, 0.5) is 5.69 Å². The molecule has 35 heavy (non-hydrogen) atoms. The summed E-state index contributed by atoms with van der Waals surface area (Å²) in [5.41, 5.74) is 2.48. The molecule has 1 heterocycles. The van der Waals surface area contributed by atoms with Crippen LogP contribution in [0.25, 0.3) is 0 Å². The molecule has 1 atom stereocenters. The number of nitrogens with zero attached hydrogens (tertiary/aromatic N) is 2. The van der Waals surface area contributed by atoms with E-state index in [-0.39, 0.29) is 10.1 Å². The molecule has 3 aromatic carbocycles. The molecule has 4 aromatic rings. The zero-order valence-electron chi connectivity index (χ0n) is 19.5. The van der Waals surface area contributed by atoms with Crippen LogP contribution in [0.1, 0.15) is 22.2 Å². The number of nitrogens with one attached hydrogen (secondary N) is 1. The zero-order chi connectivity index (χ0) is 24.8. The zero-order valence-corrected chi connectivity index (χ0v) is 21.1. The number of anilines is 1. The Morgan fingerprint density at radius 2 is 1.43 bits per heavy atom. The molecule has 9 heteroatoms. The molecule has 180 valence electrons. The standard InChI is InChI=1S/C26H25N3O4S2/c1-18-9-15-22(16-10-18)35(30,31)29-20-11-13-21(14-12-20)34-25(19-7-5-4-6-8-19)26-27-23(32-2)17-24(28-26)33-3/h4-17,25,29H,1-3H3. The maximum Gasteiger partial charge on any atom is 0.261 e. The molecule has 0 saturated carbocycles. The second kappa shape index (κ2) is 10.8. The first-order valence-electron chi connectivity index (χ1n) is 10.8. The lowest BCUT2D eigenvalue weighted by Crippen LogP contribution is -2.12. The van der Waals surface area contributed by atoms with Crippen molar-refractivity contribution in [1.82, 2.24) is 9.97 Å². The van der Waals surface area contributed by atoms with Gasteiger partial charge in [-0.1, -0.05) is 48.0 Å². The maximum absolute atomic E-state index is 12.7. The van der Waals surface area contributed by atoms with Crippen molar-refractivity contribution in [1.29, 1.82) is 0 Å². The Morgan fingerprint density at radius 1 is 0.829 bits per heavy atom. The summed E-state index contributed by atoms with van der Waals surface area (Å²) < 4.78 is 38.7. The first kappa shape index (κ1) is 24.6. The third-order valence-electron chi connectivity index (χ3n) is 5.14. The molecule has 0 bridgehead atoms. The summed E-state index contributed by atoms with van der Waals surface area (Å²) in [6.07, 6.45) is 0. The summed E-state index contributed by atoms with van der Waals surface area (Å²) >= 11 is 1.54. The van der Waals surface area contributed by atoms with Crippen LogP contribution in [0, 0.1) is 6.92 Å². The minimum absolute atomic E-state index is 0.217. The van der Waals surface area contributed by atoms with E-state index < -0.39 is 10.0 Å². The van der Waals surface area contributed by atoms with E-state index in [4.69, 9.17) is 9.47 Å². The monoisotopic (exact) mass is 507 g/mol. The highest BCUT2D eigenvalue weighted by Gasteiger charge is 2.21. The predicted octanol–water partition coefficient (Wildman–Crippen LogP) is 5.48. The first-order chi connectivity index (χ1) is 16.9. The number of aromatic nitrogens is 2. The number of ether oxygens (including phenoxy) is 2. The van der Waals surface area contributed by atoms with E-state index in [1.807, 2.05) is 49.4 Å². The van der Waals surface area contributed by atoms with Crippen molar-refractivity contribution < 1.29 is 17.9 Å². The molecule has 0 aliphatic heterocycles. The van der Waals surface area contributed by atoms with E-state index in [9.17, 15) is 8.42 Å². The van der Waals surface area contributed by atoms with E-state index in [2.05, 4.69) is 14.7 Å². The number of hydrogen-bond acceptors (Lipinski definition) is 7. The van der Waals surface area contributed by atoms with Gasteiger partial charge in [0, 0.05) is 10.6 Å². The van der Waals surface area contributed by atoms with Gasteiger partial charge in [-0.05, 0) is 48.9 Å². The number of sulfonamides is 1. The Morgan fingerprint density at radius 3 is 2.00 bits per heavy atom. The lowest BCUT2D eigenvalue weighted by Gasteiger charge is -2.17. The molecule has 4 rings (SSSR count). The number of aryl methyl sites for hydroxylation is 1. The van der Waals surface area contributed by atoms with Gasteiger partial charge in [0.15, 0.2) is 5.82 Å². The van der Waals surface area contributed by atoms with Crippen molar-refractivity contribution in [3.8, 4) is 11.8 Å². The fraction of sp³-hybridized carbons (Fsp3) is 0.154. The lowest BCUT2D eigenvalue weighted by atomic mass is 10.1. The van der Waals surface area contributed by atoms with Crippen LogP contribution in [-0.2, 0) is 10.0 Å². The van der Waals surface area contributed by atoms with Gasteiger partial charge in [-0.15, -0.1) is 11.8 Å². The van der Waals surface area contributed by atoms with Gasteiger partial charge in [0.2, 0.25) is 11.8 Å². The van der Waals surface area contributed by atoms with Crippen molar-refractivity contribution in [2.24, 2.45) is 0 Å². The van der Waals surface area contributed by atoms with E-state index in [0.29, 0.717) is 23.3 Å². The van der Waals surface area contributed by atoms with Crippen molar-refractivity contribution >= 4 is 27.5 Å². The number of benzene rings is 3. The summed E-state index contributed by atoms with van der Waals surface area (Å²) in [7, 11) is -0.576. The molecule has 1 aromatic heterocycles. The van der Waals surface area contributed by atoms with Gasteiger partial charge < -0.3 is 9.47 Å². The van der Waals surface area contributed by atoms with Gasteiger partial charge in [0.1, 0.15) is 0 Å². The SMILES string of the molecule is COc1cc(OC)nc(C(Sc2ccc(NS(=O)(=O)c3ccc(C)cc3)cc2)c2ccccc2)n1. The third kappa shape index (κ3) is 6.12. The van der Waals surface area contributed by atoms with Gasteiger partial charge >= 0.3 is 0 Å². The predicted molar refractivity (Wildman–Crippen MR) is 138 cm³/mol. The highest BCUT2D eigenvalue weighted by atomic mass is 32.2. The van der Waals surface area contributed by atoms with Crippen molar-refractivity contribution in [2.75, 3.05) is 18.9 Å². The van der Waals surface area contributed by atoms with Gasteiger partial charge in [-0.2, -0.15) is 9.97 Å². The van der Waals surface area contributed by atoms with E-state index in [1.54, 1.807) is 68.4 Å². The molecule has 0 radical (unpaired) electrons. The quantitative estimate of drug-likeness (QED) is 0.300. The van der Waals surface area contributed by atoms with Gasteiger partial charge in [0.25, 0.3) is 10.0 Å². The topological polar surface area (TPSA) is 90.4 Å². The first-order valence-corrected chi connectivity index (χ1v) is 13.1. The maximum atomic E-state index is 12.7. The minimum atomic E-state index is -3.67. The van der Waals surface area contributed by atoms with Crippen LogP contribution in [0.3, 0.4) is 0 Å². The number of thioether (sulfide) groups is 1. The summed E-state index contributed by atoms with van der Waals surface area (Å²) in [5, 5.41) is -0.240. The fourth-order valence-corrected chi connectivity index (χ4v) is 5.44. The highest BCUT2D eigenvalue weighted by molar-refractivity contribution is 7.99. The van der Waals surface area contributed by atoms with Crippen molar-refractivity contribution in [3.63, 3.8) is 0 Å². The molecule has 0 aliphatic rings. The van der Waals surface area contributed by atoms with Crippen LogP contribution in [0.15, 0.2) is 94.7 Å². The molecular weight excluding hydrogens is 482 g/mol. The molecule has 1 N–H and O–H groups in total. The molecule has 1 unspecified atom stereocenters. The number of rotatable bonds is 9. The van der Waals surface area contributed by atoms with Gasteiger partial charge in [-0.25, -0.2) is 8.42 Å². The van der Waals surface area contributed by atoms with Crippen LogP contribution < -0.4 is 14.2 Å².